The molecule has 2 atom stereocenters. The molecule has 0 aliphatic rings. The second-order valence-electron chi connectivity index (χ2n) is 3.72. The van der Waals surface area contributed by atoms with E-state index in [1.165, 1.54) is 6.92 Å². The SMILES string of the molecule is CCOC(=O)C(F)[C@H](O)c1cccc(C(F)(F)F)c1. The molecule has 0 amide bonds. The Labute approximate surface area is 106 Å². The maximum Gasteiger partial charge on any atom is 0.416 e. The van der Waals surface area contributed by atoms with Crippen LogP contribution in [0.15, 0.2) is 24.3 Å². The second kappa shape index (κ2) is 6.01. The summed E-state index contributed by atoms with van der Waals surface area (Å²) in [6, 6.07) is 3.51. The van der Waals surface area contributed by atoms with Crippen molar-refractivity contribution in [3.63, 3.8) is 0 Å². The van der Waals surface area contributed by atoms with Crippen LogP contribution in [0.2, 0.25) is 0 Å². The van der Waals surface area contributed by atoms with Crippen molar-refractivity contribution < 1.29 is 32.2 Å². The fourth-order valence-corrected chi connectivity index (χ4v) is 1.42. The van der Waals surface area contributed by atoms with E-state index >= 15 is 0 Å². The predicted molar refractivity (Wildman–Crippen MR) is 57.9 cm³/mol. The van der Waals surface area contributed by atoms with Crippen LogP contribution < -0.4 is 0 Å². The summed E-state index contributed by atoms with van der Waals surface area (Å²) in [6.45, 7) is 1.36. The van der Waals surface area contributed by atoms with Gasteiger partial charge in [0, 0.05) is 0 Å². The van der Waals surface area contributed by atoms with E-state index in [0.29, 0.717) is 6.07 Å². The Morgan fingerprint density at radius 2 is 2.05 bits per heavy atom. The van der Waals surface area contributed by atoms with Gasteiger partial charge in [-0.3, -0.25) is 0 Å². The topological polar surface area (TPSA) is 46.5 Å². The molecule has 1 aromatic rings. The minimum absolute atomic E-state index is 0.0887. The van der Waals surface area contributed by atoms with Crippen LogP contribution in [0.3, 0.4) is 0 Å². The molecule has 0 bridgehead atoms. The van der Waals surface area contributed by atoms with Gasteiger partial charge in [-0.05, 0) is 24.6 Å². The van der Waals surface area contributed by atoms with Gasteiger partial charge >= 0.3 is 12.1 Å². The lowest BCUT2D eigenvalue weighted by Crippen LogP contribution is -2.26. The molecule has 0 aliphatic heterocycles. The summed E-state index contributed by atoms with van der Waals surface area (Å²) >= 11 is 0. The largest absolute Gasteiger partial charge is 0.464 e. The number of alkyl halides is 4. The fraction of sp³-hybridized carbons (Fsp3) is 0.417. The quantitative estimate of drug-likeness (QED) is 0.681. The van der Waals surface area contributed by atoms with Gasteiger partial charge in [-0.25, -0.2) is 9.18 Å². The number of aliphatic hydroxyl groups excluding tert-OH is 1. The van der Waals surface area contributed by atoms with Gasteiger partial charge in [0.25, 0.3) is 0 Å². The van der Waals surface area contributed by atoms with Crippen LogP contribution in [-0.2, 0) is 15.7 Å². The maximum absolute atomic E-state index is 13.5. The number of carbonyl (C=O) groups excluding carboxylic acids is 1. The maximum atomic E-state index is 13.5. The van der Waals surface area contributed by atoms with Crippen molar-refractivity contribution in [1.82, 2.24) is 0 Å². The molecule has 0 aromatic heterocycles. The van der Waals surface area contributed by atoms with Crippen LogP contribution in [0.25, 0.3) is 0 Å². The molecule has 0 spiro atoms. The molecule has 0 saturated heterocycles. The number of halogens is 4. The minimum Gasteiger partial charge on any atom is -0.464 e. The molecule has 3 nitrogen and oxygen atoms in total. The first-order valence-electron chi connectivity index (χ1n) is 5.43. The summed E-state index contributed by atoms with van der Waals surface area (Å²) in [4.78, 5) is 11.1. The number of hydrogen-bond acceptors (Lipinski definition) is 3. The van der Waals surface area contributed by atoms with Crippen LogP contribution in [-0.4, -0.2) is 23.9 Å². The zero-order valence-corrected chi connectivity index (χ0v) is 9.95. The lowest BCUT2D eigenvalue weighted by atomic mass is 10.0. The van der Waals surface area contributed by atoms with Gasteiger partial charge in [0.1, 0.15) is 6.10 Å². The lowest BCUT2D eigenvalue weighted by Gasteiger charge is -2.16. The molecule has 0 saturated carbocycles. The highest BCUT2D eigenvalue weighted by molar-refractivity contribution is 5.75. The van der Waals surface area contributed by atoms with E-state index in [-0.39, 0.29) is 12.2 Å². The number of aliphatic hydroxyl groups is 1. The Morgan fingerprint density at radius 3 is 2.58 bits per heavy atom. The molecule has 0 fully saturated rings. The normalized spacial score (nSPS) is 14.8. The van der Waals surface area contributed by atoms with Gasteiger partial charge in [0.15, 0.2) is 0 Å². The van der Waals surface area contributed by atoms with Gasteiger partial charge in [-0.2, -0.15) is 13.2 Å². The lowest BCUT2D eigenvalue weighted by molar-refractivity contribution is -0.153. The van der Waals surface area contributed by atoms with Gasteiger partial charge in [0.05, 0.1) is 12.2 Å². The highest BCUT2D eigenvalue weighted by Crippen LogP contribution is 2.31. The van der Waals surface area contributed by atoms with Crippen molar-refractivity contribution in [3.8, 4) is 0 Å². The molecule has 0 heterocycles. The predicted octanol–water partition coefficient (Wildman–Crippen LogP) is 2.64. The minimum atomic E-state index is -4.61. The van der Waals surface area contributed by atoms with Crippen molar-refractivity contribution in [2.45, 2.75) is 25.4 Å². The molecule has 1 N–H and O–H groups in total. The Balaban J connectivity index is 2.94. The highest BCUT2D eigenvalue weighted by Gasteiger charge is 2.33. The van der Waals surface area contributed by atoms with Crippen molar-refractivity contribution in [3.05, 3.63) is 35.4 Å². The standard InChI is InChI=1S/C12H12F4O3/c1-2-19-11(18)9(13)10(17)7-4-3-5-8(6-7)12(14,15)16/h3-6,9-10,17H,2H2,1H3/t9?,10-/m1/s1. The molecular weight excluding hydrogens is 268 g/mol. The van der Waals surface area contributed by atoms with Gasteiger partial charge in [-0.15, -0.1) is 0 Å². The highest BCUT2D eigenvalue weighted by atomic mass is 19.4. The Kier molecular flexibility index (Phi) is 4.88. The van der Waals surface area contributed by atoms with Crippen LogP contribution >= 0.6 is 0 Å². The molecular formula is C12H12F4O3. The van der Waals surface area contributed by atoms with E-state index in [1.54, 1.807) is 0 Å². The molecule has 1 rings (SSSR count). The molecule has 0 radical (unpaired) electrons. The van der Waals surface area contributed by atoms with E-state index in [4.69, 9.17) is 0 Å². The number of rotatable bonds is 4. The van der Waals surface area contributed by atoms with E-state index in [2.05, 4.69) is 4.74 Å². The average molecular weight is 280 g/mol. The van der Waals surface area contributed by atoms with Gasteiger partial charge < -0.3 is 9.84 Å². The smallest absolute Gasteiger partial charge is 0.416 e. The van der Waals surface area contributed by atoms with Crippen molar-refractivity contribution in [2.75, 3.05) is 6.61 Å². The first kappa shape index (κ1) is 15.4. The van der Waals surface area contributed by atoms with Crippen LogP contribution in [0.5, 0.6) is 0 Å². The van der Waals surface area contributed by atoms with E-state index in [1.807, 2.05) is 0 Å². The summed E-state index contributed by atoms with van der Waals surface area (Å²) in [5.74, 6) is -1.31. The number of esters is 1. The van der Waals surface area contributed by atoms with E-state index in [9.17, 15) is 27.5 Å². The van der Waals surface area contributed by atoms with Gasteiger partial charge in [-0.1, -0.05) is 12.1 Å². The Bertz CT molecular complexity index is 445. The van der Waals surface area contributed by atoms with Crippen molar-refractivity contribution in [2.24, 2.45) is 0 Å². The molecule has 1 aromatic carbocycles. The monoisotopic (exact) mass is 280 g/mol. The number of benzene rings is 1. The molecule has 7 heteroatoms. The third kappa shape index (κ3) is 3.92. The van der Waals surface area contributed by atoms with Crippen LogP contribution in [0, 0.1) is 0 Å². The summed E-state index contributed by atoms with van der Waals surface area (Å²) < 4.78 is 55.2. The molecule has 106 valence electrons. The first-order chi connectivity index (χ1) is 8.77. The van der Waals surface area contributed by atoms with Gasteiger partial charge in [0.2, 0.25) is 6.17 Å². The second-order valence-corrected chi connectivity index (χ2v) is 3.72. The van der Waals surface area contributed by atoms with E-state index < -0.39 is 30.0 Å². The summed E-state index contributed by atoms with van der Waals surface area (Å²) in [6.07, 6.45) is -9.03. The van der Waals surface area contributed by atoms with E-state index in [0.717, 1.165) is 18.2 Å². The van der Waals surface area contributed by atoms with Crippen molar-refractivity contribution in [1.29, 1.82) is 0 Å². The molecule has 0 aliphatic carbocycles. The third-order valence-electron chi connectivity index (χ3n) is 2.34. The number of ether oxygens (including phenoxy) is 1. The molecule has 1 unspecified atom stereocenters. The number of hydrogen-bond donors (Lipinski definition) is 1. The summed E-state index contributed by atoms with van der Waals surface area (Å²) in [7, 11) is 0. The zero-order valence-electron chi connectivity index (χ0n) is 9.95. The summed E-state index contributed by atoms with van der Waals surface area (Å²) in [5, 5.41) is 9.53. The number of carbonyl (C=O) groups is 1. The summed E-state index contributed by atoms with van der Waals surface area (Å²) in [5.41, 5.74) is -1.37. The van der Waals surface area contributed by atoms with Crippen LogP contribution in [0.1, 0.15) is 24.2 Å². The molecule has 19 heavy (non-hydrogen) atoms. The Morgan fingerprint density at radius 1 is 1.42 bits per heavy atom. The Hall–Kier alpha value is -1.63. The average Bonchev–Trinajstić information content (AvgIpc) is 2.36. The first-order valence-corrected chi connectivity index (χ1v) is 5.43. The van der Waals surface area contributed by atoms with Crippen LogP contribution in [0.4, 0.5) is 17.6 Å². The fourth-order valence-electron chi connectivity index (χ4n) is 1.42. The third-order valence-corrected chi connectivity index (χ3v) is 2.34. The van der Waals surface area contributed by atoms with Crippen molar-refractivity contribution >= 4 is 5.97 Å². The zero-order chi connectivity index (χ0) is 14.6.